The first-order valence-electron chi connectivity index (χ1n) is 3.64. The lowest BCUT2D eigenvalue weighted by Crippen LogP contribution is -1.95. The van der Waals surface area contributed by atoms with Gasteiger partial charge in [-0.1, -0.05) is 6.07 Å². The molecule has 1 aromatic rings. The average Bonchev–Trinajstić information content (AvgIpc) is 2.09. The molecule has 0 heterocycles. The molecule has 0 bridgehead atoms. The van der Waals surface area contributed by atoms with Crippen molar-refractivity contribution in [3.8, 4) is 11.8 Å². The Kier molecular flexibility index (Phi) is 3.01. The summed E-state index contributed by atoms with van der Waals surface area (Å²) in [6.45, 7) is 2.42. The molecule has 2 nitrogen and oxygen atoms in total. The quantitative estimate of drug-likeness (QED) is 0.706. The number of nitriles is 1. The Balaban J connectivity index is 3.13. The monoisotopic (exact) mass is 179 g/mol. The van der Waals surface area contributed by atoms with Gasteiger partial charge in [-0.2, -0.15) is 5.26 Å². The van der Waals surface area contributed by atoms with Crippen LogP contribution in [-0.2, 0) is 0 Å². The summed E-state index contributed by atoms with van der Waals surface area (Å²) in [5.41, 5.74) is 0.532. The first-order valence-corrected chi connectivity index (χ1v) is 4.09. The van der Waals surface area contributed by atoms with Crippen LogP contribution in [0.3, 0.4) is 0 Å². The number of para-hydroxylation sites is 1. The van der Waals surface area contributed by atoms with Gasteiger partial charge in [-0.25, -0.2) is 0 Å². The lowest BCUT2D eigenvalue weighted by Gasteiger charge is -2.06. The molecule has 0 saturated carbocycles. The number of ether oxygens (including phenoxy) is 1. The summed E-state index contributed by atoms with van der Waals surface area (Å²) < 4.78 is 5.26. The van der Waals surface area contributed by atoms with Gasteiger partial charge in [-0.15, -0.1) is 12.6 Å². The second-order valence-corrected chi connectivity index (χ2v) is 2.68. The maximum Gasteiger partial charge on any atom is 0.150 e. The maximum absolute atomic E-state index is 8.71. The highest BCUT2D eigenvalue weighted by Crippen LogP contribution is 2.26. The van der Waals surface area contributed by atoms with Gasteiger partial charge in [0, 0.05) is 4.90 Å². The highest BCUT2D eigenvalue weighted by atomic mass is 32.1. The van der Waals surface area contributed by atoms with Gasteiger partial charge in [0.15, 0.2) is 0 Å². The van der Waals surface area contributed by atoms with Crippen LogP contribution in [0.1, 0.15) is 12.5 Å². The van der Waals surface area contributed by atoms with Crippen molar-refractivity contribution in [1.29, 1.82) is 5.26 Å². The van der Waals surface area contributed by atoms with Gasteiger partial charge in [0.25, 0.3) is 0 Å². The molecule has 0 radical (unpaired) electrons. The van der Waals surface area contributed by atoms with Gasteiger partial charge < -0.3 is 4.74 Å². The molecule has 0 amide bonds. The van der Waals surface area contributed by atoms with E-state index in [9.17, 15) is 0 Å². The third kappa shape index (κ3) is 1.72. The van der Waals surface area contributed by atoms with Crippen LogP contribution in [0.4, 0.5) is 0 Å². The molecule has 1 rings (SSSR count). The third-order valence-corrected chi connectivity index (χ3v) is 1.76. The van der Waals surface area contributed by atoms with E-state index in [1.807, 2.05) is 13.0 Å². The summed E-state index contributed by atoms with van der Waals surface area (Å²) in [7, 11) is 0. The number of hydrogen-bond donors (Lipinski definition) is 1. The van der Waals surface area contributed by atoms with Crippen LogP contribution in [0.2, 0.25) is 0 Å². The summed E-state index contributed by atoms with van der Waals surface area (Å²) in [5, 5.41) is 8.71. The van der Waals surface area contributed by atoms with E-state index in [2.05, 4.69) is 12.6 Å². The van der Waals surface area contributed by atoms with Gasteiger partial charge in [-0.05, 0) is 19.1 Å². The molecule has 3 heteroatoms. The largest absolute Gasteiger partial charge is 0.491 e. The Morgan fingerprint density at radius 1 is 1.58 bits per heavy atom. The highest BCUT2D eigenvalue weighted by Gasteiger charge is 2.04. The Bertz CT molecular complexity index is 317. The molecule has 0 fully saturated rings. The summed E-state index contributed by atoms with van der Waals surface area (Å²) in [6.07, 6.45) is 0. The predicted molar refractivity (Wildman–Crippen MR) is 49.6 cm³/mol. The molecule has 0 saturated heterocycles. The van der Waals surface area contributed by atoms with Crippen LogP contribution < -0.4 is 4.74 Å². The van der Waals surface area contributed by atoms with E-state index in [0.717, 1.165) is 0 Å². The number of rotatable bonds is 2. The lowest BCUT2D eigenvalue weighted by atomic mass is 10.2. The first kappa shape index (κ1) is 8.95. The highest BCUT2D eigenvalue weighted by molar-refractivity contribution is 7.80. The van der Waals surface area contributed by atoms with Crippen molar-refractivity contribution in [2.75, 3.05) is 6.61 Å². The van der Waals surface area contributed by atoms with Crippen molar-refractivity contribution in [2.45, 2.75) is 11.8 Å². The Labute approximate surface area is 77.2 Å². The molecule has 0 unspecified atom stereocenters. The molecular formula is C9H9NOS. The minimum absolute atomic E-state index is 0.532. The molecule has 62 valence electrons. The molecule has 0 spiro atoms. The van der Waals surface area contributed by atoms with Crippen LogP contribution in [-0.4, -0.2) is 6.61 Å². The topological polar surface area (TPSA) is 33.0 Å². The zero-order chi connectivity index (χ0) is 8.97. The SMILES string of the molecule is CCOc1c(S)cccc1C#N. The molecule has 1 aromatic carbocycles. The molecule has 12 heavy (non-hydrogen) atoms. The van der Waals surface area contributed by atoms with E-state index in [-0.39, 0.29) is 0 Å². The predicted octanol–water partition coefficient (Wildman–Crippen LogP) is 2.25. The van der Waals surface area contributed by atoms with Gasteiger partial charge >= 0.3 is 0 Å². The number of thiol groups is 1. The minimum Gasteiger partial charge on any atom is -0.491 e. The second kappa shape index (κ2) is 4.03. The Hall–Kier alpha value is -1.14. The summed E-state index contributed by atoms with van der Waals surface area (Å²) in [5.74, 6) is 0.575. The molecule has 0 atom stereocenters. The normalized spacial score (nSPS) is 9.08. The lowest BCUT2D eigenvalue weighted by molar-refractivity contribution is 0.331. The fourth-order valence-corrected chi connectivity index (χ4v) is 1.18. The number of nitrogens with zero attached hydrogens (tertiary/aromatic N) is 1. The summed E-state index contributed by atoms with van der Waals surface area (Å²) in [4.78, 5) is 0.705. The van der Waals surface area contributed by atoms with Gasteiger partial charge in [-0.3, -0.25) is 0 Å². The molecule has 0 aromatic heterocycles. The molecule has 0 aliphatic carbocycles. The van der Waals surface area contributed by atoms with Crippen LogP contribution >= 0.6 is 12.6 Å². The Morgan fingerprint density at radius 2 is 2.33 bits per heavy atom. The van der Waals surface area contributed by atoms with Crippen molar-refractivity contribution in [2.24, 2.45) is 0 Å². The van der Waals surface area contributed by atoms with Gasteiger partial charge in [0.05, 0.1) is 12.2 Å². The zero-order valence-corrected chi connectivity index (χ0v) is 7.64. The summed E-state index contributed by atoms with van der Waals surface area (Å²) in [6, 6.07) is 7.34. The molecular weight excluding hydrogens is 170 g/mol. The van der Waals surface area contributed by atoms with Crippen molar-refractivity contribution < 1.29 is 4.74 Å². The van der Waals surface area contributed by atoms with Crippen LogP contribution in [0, 0.1) is 11.3 Å². The van der Waals surface area contributed by atoms with Crippen LogP contribution in [0.25, 0.3) is 0 Å². The number of hydrogen-bond acceptors (Lipinski definition) is 3. The fraction of sp³-hybridized carbons (Fsp3) is 0.222. The van der Waals surface area contributed by atoms with Gasteiger partial charge in [0.1, 0.15) is 11.8 Å². The van der Waals surface area contributed by atoms with E-state index in [1.54, 1.807) is 18.2 Å². The van der Waals surface area contributed by atoms with E-state index in [1.165, 1.54) is 0 Å². The van der Waals surface area contributed by atoms with Crippen molar-refractivity contribution in [3.63, 3.8) is 0 Å². The van der Waals surface area contributed by atoms with Crippen LogP contribution in [0.15, 0.2) is 23.1 Å². The summed E-state index contributed by atoms with van der Waals surface area (Å²) >= 11 is 4.18. The minimum atomic E-state index is 0.532. The maximum atomic E-state index is 8.71. The first-order chi connectivity index (χ1) is 5.79. The van der Waals surface area contributed by atoms with E-state index >= 15 is 0 Å². The van der Waals surface area contributed by atoms with E-state index < -0.39 is 0 Å². The average molecular weight is 179 g/mol. The smallest absolute Gasteiger partial charge is 0.150 e. The Morgan fingerprint density at radius 3 is 2.92 bits per heavy atom. The van der Waals surface area contributed by atoms with E-state index in [0.29, 0.717) is 22.8 Å². The zero-order valence-electron chi connectivity index (χ0n) is 6.74. The van der Waals surface area contributed by atoms with E-state index in [4.69, 9.17) is 10.00 Å². The second-order valence-electron chi connectivity index (χ2n) is 2.20. The van der Waals surface area contributed by atoms with Gasteiger partial charge in [0.2, 0.25) is 0 Å². The van der Waals surface area contributed by atoms with Crippen molar-refractivity contribution in [1.82, 2.24) is 0 Å². The van der Waals surface area contributed by atoms with Crippen molar-refractivity contribution >= 4 is 12.6 Å². The molecule has 0 N–H and O–H groups in total. The van der Waals surface area contributed by atoms with Crippen molar-refractivity contribution in [3.05, 3.63) is 23.8 Å². The number of benzene rings is 1. The molecule has 0 aliphatic rings. The standard InChI is InChI=1S/C9H9NOS/c1-2-11-9-7(6-10)4-3-5-8(9)12/h3-5,12H,2H2,1H3. The van der Waals surface area contributed by atoms with Crippen LogP contribution in [0.5, 0.6) is 5.75 Å². The molecule has 0 aliphatic heterocycles. The third-order valence-electron chi connectivity index (χ3n) is 1.40. The fourth-order valence-electron chi connectivity index (χ4n) is 0.909.